The maximum Gasteiger partial charge on any atom is 0.285 e. The van der Waals surface area contributed by atoms with Gasteiger partial charge in [-0.1, -0.05) is 65.7 Å². The first-order valence-electron chi connectivity index (χ1n) is 10.4. The SMILES string of the molecule is CCN/C(=N\S(=O)(=O)c1ccc(Cl)cc1)N1CC(c2ccccc2)C(c2ccc(Cl)cc2)=N1. The monoisotopic (exact) mass is 500 g/mol. The van der Waals surface area contributed by atoms with E-state index in [0.29, 0.717) is 23.1 Å². The molecule has 3 aromatic carbocycles. The van der Waals surface area contributed by atoms with Crippen molar-refractivity contribution in [3.05, 3.63) is 100 Å². The average molecular weight is 501 g/mol. The van der Waals surface area contributed by atoms with Crippen molar-refractivity contribution < 1.29 is 8.42 Å². The topological polar surface area (TPSA) is 74.1 Å². The summed E-state index contributed by atoms with van der Waals surface area (Å²) in [6.07, 6.45) is 0. The van der Waals surface area contributed by atoms with E-state index in [0.717, 1.165) is 16.8 Å². The van der Waals surface area contributed by atoms with Crippen LogP contribution in [-0.4, -0.2) is 38.2 Å². The first-order valence-corrected chi connectivity index (χ1v) is 12.6. The van der Waals surface area contributed by atoms with Gasteiger partial charge in [0.25, 0.3) is 10.0 Å². The number of hydrazone groups is 1. The molecule has 1 heterocycles. The molecule has 0 fully saturated rings. The summed E-state index contributed by atoms with van der Waals surface area (Å²) in [4.78, 5) is 0.0583. The second-order valence-electron chi connectivity index (χ2n) is 7.41. The molecule has 0 radical (unpaired) electrons. The van der Waals surface area contributed by atoms with E-state index < -0.39 is 10.0 Å². The fourth-order valence-electron chi connectivity index (χ4n) is 3.56. The van der Waals surface area contributed by atoms with Crippen LogP contribution in [0.15, 0.2) is 93.3 Å². The van der Waals surface area contributed by atoms with Crippen LogP contribution in [0, 0.1) is 0 Å². The number of halogens is 2. The highest BCUT2D eigenvalue weighted by atomic mass is 35.5. The number of hydrogen-bond acceptors (Lipinski definition) is 3. The molecule has 0 amide bonds. The lowest BCUT2D eigenvalue weighted by atomic mass is 9.91. The zero-order valence-electron chi connectivity index (χ0n) is 17.8. The van der Waals surface area contributed by atoms with Gasteiger partial charge in [-0.2, -0.15) is 13.5 Å². The van der Waals surface area contributed by atoms with E-state index in [9.17, 15) is 8.42 Å². The summed E-state index contributed by atoms with van der Waals surface area (Å²) in [6.45, 7) is 2.79. The van der Waals surface area contributed by atoms with Crippen LogP contribution in [0.25, 0.3) is 0 Å². The number of nitrogens with one attached hydrogen (secondary N) is 1. The van der Waals surface area contributed by atoms with E-state index in [2.05, 4.69) is 9.71 Å². The van der Waals surface area contributed by atoms with Crippen LogP contribution in [0.4, 0.5) is 0 Å². The normalized spacial score (nSPS) is 16.6. The number of guanidine groups is 1. The van der Waals surface area contributed by atoms with Gasteiger partial charge in [0, 0.05) is 22.5 Å². The quantitative estimate of drug-likeness (QED) is 0.388. The Balaban J connectivity index is 1.75. The van der Waals surface area contributed by atoms with Crippen molar-refractivity contribution in [3.63, 3.8) is 0 Å². The molecule has 1 aliphatic rings. The molecule has 0 spiro atoms. The van der Waals surface area contributed by atoms with Crippen LogP contribution < -0.4 is 5.32 Å². The minimum absolute atomic E-state index is 0.0583. The predicted octanol–water partition coefficient (Wildman–Crippen LogP) is 5.15. The van der Waals surface area contributed by atoms with Crippen LogP contribution in [0.1, 0.15) is 24.0 Å². The Bertz CT molecular complexity index is 1280. The molecule has 1 N–H and O–H groups in total. The van der Waals surface area contributed by atoms with Gasteiger partial charge in [-0.25, -0.2) is 5.01 Å². The Hall–Kier alpha value is -2.87. The molecule has 3 aromatic rings. The van der Waals surface area contributed by atoms with Crippen LogP contribution in [0.3, 0.4) is 0 Å². The zero-order valence-corrected chi connectivity index (χ0v) is 20.1. The lowest BCUT2D eigenvalue weighted by Gasteiger charge is -2.19. The minimum Gasteiger partial charge on any atom is -0.354 e. The Kier molecular flexibility index (Phi) is 7.02. The molecule has 0 bridgehead atoms. The first-order chi connectivity index (χ1) is 15.9. The number of rotatable bonds is 5. The molecule has 1 atom stereocenters. The molecular formula is C24H22Cl2N4O2S. The number of hydrogen-bond donors (Lipinski definition) is 1. The van der Waals surface area contributed by atoms with Crippen molar-refractivity contribution in [2.24, 2.45) is 9.50 Å². The van der Waals surface area contributed by atoms with Crippen molar-refractivity contribution in [2.45, 2.75) is 17.7 Å². The van der Waals surface area contributed by atoms with Gasteiger partial charge in [0.1, 0.15) is 0 Å². The fraction of sp³-hybridized carbons (Fsp3) is 0.167. The van der Waals surface area contributed by atoms with E-state index >= 15 is 0 Å². The van der Waals surface area contributed by atoms with Crippen LogP contribution in [-0.2, 0) is 10.0 Å². The maximum atomic E-state index is 13.0. The van der Waals surface area contributed by atoms with Crippen molar-refractivity contribution in [3.8, 4) is 0 Å². The van der Waals surface area contributed by atoms with Gasteiger partial charge < -0.3 is 5.32 Å². The molecule has 1 unspecified atom stereocenters. The summed E-state index contributed by atoms with van der Waals surface area (Å²) in [5, 5.41) is 10.5. The van der Waals surface area contributed by atoms with Gasteiger partial charge in [-0.3, -0.25) is 0 Å². The summed E-state index contributed by atoms with van der Waals surface area (Å²) in [6, 6.07) is 23.3. The van der Waals surface area contributed by atoms with Crippen molar-refractivity contribution >= 4 is 44.9 Å². The smallest absolute Gasteiger partial charge is 0.285 e. The third-order valence-corrected chi connectivity index (χ3v) is 6.94. The number of benzene rings is 3. The molecule has 6 nitrogen and oxygen atoms in total. The molecule has 0 saturated heterocycles. The van der Waals surface area contributed by atoms with E-state index in [4.69, 9.17) is 28.3 Å². The minimum atomic E-state index is -3.97. The molecule has 9 heteroatoms. The third kappa shape index (κ3) is 5.38. The van der Waals surface area contributed by atoms with Crippen LogP contribution >= 0.6 is 23.2 Å². The molecule has 33 heavy (non-hydrogen) atoms. The largest absolute Gasteiger partial charge is 0.354 e. The van der Waals surface area contributed by atoms with Gasteiger partial charge in [0.2, 0.25) is 5.96 Å². The van der Waals surface area contributed by atoms with Gasteiger partial charge in [-0.05, 0) is 54.4 Å². The summed E-state index contributed by atoms with van der Waals surface area (Å²) >= 11 is 12.0. The lowest BCUT2D eigenvalue weighted by molar-refractivity contribution is 0.457. The Labute approximate surface area is 203 Å². The maximum absolute atomic E-state index is 13.0. The van der Waals surface area contributed by atoms with Gasteiger partial charge >= 0.3 is 0 Å². The van der Waals surface area contributed by atoms with Crippen LogP contribution in [0.2, 0.25) is 10.0 Å². The molecule has 1 aliphatic heterocycles. The molecule has 0 aliphatic carbocycles. The van der Waals surface area contributed by atoms with Crippen molar-refractivity contribution in [1.82, 2.24) is 10.3 Å². The van der Waals surface area contributed by atoms with Crippen LogP contribution in [0.5, 0.6) is 0 Å². The molecule has 170 valence electrons. The van der Waals surface area contributed by atoms with Gasteiger partial charge in [-0.15, -0.1) is 4.40 Å². The number of sulfonamides is 1. The zero-order chi connectivity index (χ0) is 23.4. The fourth-order valence-corrected chi connectivity index (χ4v) is 4.79. The second kappa shape index (κ2) is 9.95. The predicted molar refractivity (Wildman–Crippen MR) is 134 cm³/mol. The summed E-state index contributed by atoms with van der Waals surface area (Å²) < 4.78 is 30.0. The summed E-state index contributed by atoms with van der Waals surface area (Å²) in [5.74, 6) is 0.0896. The van der Waals surface area contributed by atoms with Gasteiger partial charge in [0.15, 0.2) is 0 Å². The lowest BCUT2D eigenvalue weighted by Crippen LogP contribution is -2.38. The van der Waals surface area contributed by atoms with E-state index in [1.807, 2.05) is 61.5 Å². The van der Waals surface area contributed by atoms with Crippen molar-refractivity contribution in [2.75, 3.05) is 13.1 Å². The summed E-state index contributed by atoms with van der Waals surface area (Å²) in [7, 11) is -3.97. The van der Waals surface area contributed by atoms with Gasteiger partial charge in [0.05, 0.1) is 17.2 Å². The molecular weight excluding hydrogens is 479 g/mol. The highest BCUT2D eigenvalue weighted by Gasteiger charge is 2.32. The molecule has 4 rings (SSSR count). The first kappa shape index (κ1) is 23.3. The Morgan fingerprint density at radius 2 is 1.61 bits per heavy atom. The Morgan fingerprint density at radius 3 is 2.21 bits per heavy atom. The highest BCUT2D eigenvalue weighted by Crippen LogP contribution is 2.29. The molecule has 0 saturated carbocycles. The van der Waals surface area contributed by atoms with E-state index in [1.54, 1.807) is 5.01 Å². The third-order valence-electron chi connectivity index (χ3n) is 5.15. The van der Waals surface area contributed by atoms with Crippen molar-refractivity contribution in [1.29, 1.82) is 0 Å². The standard InChI is InChI=1S/C24H22Cl2N4O2S/c1-2-27-24(29-33(31,32)21-14-12-20(26)13-15-21)30-16-22(17-6-4-3-5-7-17)23(28-30)18-8-10-19(25)11-9-18/h3-15,22H,2,16H2,1H3,(H,27,29). The molecule has 0 aromatic heterocycles. The van der Waals surface area contributed by atoms with E-state index in [1.165, 1.54) is 24.3 Å². The summed E-state index contributed by atoms with van der Waals surface area (Å²) in [5.41, 5.74) is 2.80. The average Bonchev–Trinajstić information content (AvgIpc) is 3.25. The Morgan fingerprint density at radius 1 is 1.00 bits per heavy atom. The number of nitrogens with zero attached hydrogens (tertiary/aromatic N) is 3. The highest BCUT2D eigenvalue weighted by molar-refractivity contribution is 7.90. The second-order valence-corrected chi connectivity index (χ2v) is 9.89. The van der Waals surface area contributed by atoms with E-state index in [-0.39, 0.29) is 16.8 Å².